The van der Waals surface area contributed by atoms with Gasteiger partial charge in [0.05, 0.1) is 11.7 Å². The molecule has 1 heterocycles. The Balaban J connectivity index is 1.53. The zero-order chi connectivity index (χ0) is 20.0. The average molecular weight is 465 g/mol. The highest BCUT2D eigenvalue weighted by molar-refractivity contribution is 9.10. The van der Waals surface area contributed by atoms with E-state index in [4.69, 9.17) is 0 Å². The van der Waals surface area contributed by atoms with Crippen LogP contribution in [0.25, 0.3) is 0 Å². The summed E-state index contributed by atoms with van der Waals surface area (Å²) in [6.45, 7) is 0.756. The number of rotatable bonds is 7. The number of halogens is 1. The second kappa shape index (κ2) is 9.67. The first kappa shape index (κ1) is 21.0. The maximum absolute atomic E-state index is 12.7. The molecular formula is C21H25BrN2O3S. The van der Waals surface area contributed by atoms with Crippen LogP contribution in [0, 0.1) is 5.92 Å². The monoisotopic (exact) mass is 464 g/mol. The van der Waals surface area contributed by atoms with E-state index in [0.29, 0.717) is 25.8 Å². The number of anilines is 1. The van der Waals surface area contributed by atoms with E-state index in [2.05, 4.69) is 21.2 Å². The zero-order valence-electron chi connectivity index (χ0n) is 15.7. The number of carbonyl (C=O) groups excluding carboxylic acids is 1. The van der Waals surface area contributed by atoms with E-state index in [0.717, 1.165) is 22.1 Å². The van der Waals surface area contributed by atoms with Gasteiger partial charge >= 0.3 is 0 Å². The van der Waals surface area contributed by atoms with Crippen LogP contribution in [0.3, 0.4) is 0 Å². The van der Waals surface area contributed by atoms with Gasteiger partial charge in [0.1, 0.15) is 0 Å². The quantitative estimate of drug-likeness (QED) is 0.671. The lowest BCUT2D eigenvalue weighted by atomic mass is 9.99. The van der Waals surface area contributed by atoms with Gasteiger partial charge in [0.25, 0.3) is 0 Å². The molecule has 0 spiro atoms. The number of carbonyl (C=O) groups is 1. The van der Waals surface area contributed by atoms with E-state index in [1.807, 2.05) is 54.6 Å². The van der Waals surface area contributed by atoms with E-state index in [-0.39, 0.29) is 24.1 Å². The third kappa shape index (κ3) is 5.90. The number of benzene rings is 2. The third-order valence-electron chi connectivity index (χ3n) is 4.97. The summed E-state index contributed by atoms with van der Waals surface area (Å²) in [6, 6.07) is 17.3. The van der Waals surface area contributed by atoms with Gasteiger partial charge in [0, 0.05) is 23.2 Å². The van der Waals surface area contributed by atoms with Gasteiger partial charge in [-0.1, -0.05) is 46.3 Å². The van der Waals surface area contributed by atoms with Crippen LogP contribution in [0.5, 0.6) is 0 Å². The summed E-state index contributed by atoms with van der Waals surface area (Å²) in [5.41, 5.74) is 1.86. The number of piperidine rings is 1. The van der Waals surface area contributed by atoms with E-state index in [1.165, 1.54) is 4.31 Å². The maximum atomic E-state index is 12.7. The number of sulfonamides is 1. The van der Waals surface area contributed by atoms with Gasteiger partial charge in [-0.15, -0.1) is 0 Å². The topological polar surface area (TPSA) is 66.5 Å². The lowest BCUT2D eigenvalue weighted by Gasteiger charge is -2.31. The Morgan fingerprint density at radius 2 is 1.82 bits per heavy atom. The van der Waals surface area contributed by atoms with E-state index in [1.54, 1.807) is 0 Å². The molecule has 2 aromatic carbocycles. The average Bonchev–Trinajstić information content (AvgIpc) is 2.70. The maximum Gasteiger partial charge on any atom is 0.228 e. The second-order valence-corrected chi connectivity index (χ2v) is 10.1. The minimum absolute atomic E-state index is 0.114. The van der Waals surface area contributed by atoms with E-state index in [9.17, 15) is 13.2 Å². The van der Waals surface area contributed by atoms with Crippen LogP contribution in [0.2, 0.25) is 0 Å². The Hall–Kier alpha value is -1.70. The summed E-state index contributed by atoms with van der Waals surface area (Å²) in [6.07, 6.45) is 2.73. The predicted molar refractivity (Wildman–Crippen MR) is 116 cm³/mol. The highest BCUT2D eigenvalue weighted by atomic mass is 79.9. The Bertz CT molecular complexity index is 886. The smallest absolute Gasteiger partial charge is 0.228 e. The molecule has 0 aromatic heterocycles. The van der Waals surface area contributed by atoms with Crippen LogP contribution in [-0.4, -0.2) is 37.5 Å². The molecule has 3 rings (SSSR count). The molecule has 0 bridgehead atoms. The molecule has 1 aliphatic heterocycles. The van der Waals surface area contributed by atoms with Gasteiger partial charge in [-0.25, -0.2) is 12.7 Å². The van der Waals surface area contributed by atoms with Crippen molar-refractivity contribution in [2.45, 2.75) is 25.7 Å². The van der Waals surface area contributed by atoms with Gasteiger partial charge in [-0.3, -0.25) is 4.79 Å². The standard InChI is InChI=1S/C21H25BrN2O3S/c22-19-10-12-20(13-11-19)23-21(25)18-9-4-14-24(16-18)28(26,27)15-5-8-17-6-2-1-3-7-17/h1-3,6-7,10-13,18H,4-5,8-9,14-16H2,(H,23,25)/t18-/m0/s1. The summed E-state index contributed by atoms with van der Waals surface area (Å²) in [7, 11) is -3.35. The summed E-state index contributed by atoms with van der Waals surface area (Å²) in [4.78, 5) is 12.6. The predicted octanol–water partition coefficient (Wildman–Crippen LogP) is 4.06. The summed E-state index contributed by atoms with van der Waals surface area (Å²) in [5.74, 6) is -0.323. The molecule has 1 fully saturated rings. The minimum Gasteiger partial charge on any atom is -0.326 e. The molecule has 1 aliphatic rings. The molecule has 0 unspecified atom stereocenters. The normalized spacial score (nSPS) is 18.0. The Labute approximate surface area is 175 Å². The zero-order valence-corrected chi connectivity index (χ0v) is 18.1. The summed E-state index contributed by atoms with van der Waals surface area (Å²) < 4.78 is 27.9. The van der Waals surface area contributed by atoms with Gasteiger partial charge in [0.2, 0.25) is 15.9 Å². The van der Waals surface area contributed by atoms with Crippen LogP contribution >= 0.6 is 15.9 Å². The second-order valence-electron chi connectivity index (χ2n) is 7.10. The van der Waals surface area contributed by atoms with Crippen LogP contribution < -0.4 is 5.32 Å². The van der Waals surface area contributed by atoms with Crippen molar-refractivity contribution in [3.8, 4) is 0 Å². The van der Waals surface area contributed by atoms with Crippen LogP contribution in [-0.2, 0) is 21.2 Å². The lowest BCUT2D eigenvalue weighted by molar-refractivity contribution is -0.120. The van der Waals surface area contributed by atoms with Gasteiger partial charge < -0.3 is 5.32 Å². The first-order chi connectivity index (χ1) is 13.4. The van der Waals surface area contributed by atoms with Crippen molar-refractivity contribution in [2.24, 2.45) is 5.92 Å². The Morgan fingerprint density at radius 3 is 2.54 bits per heavy atom. The van der Waals surface area contributed by atoms with Gasteiger partial charge in [0.15, 0.2) is 0 Å². The fourth-order valence-corrected chi connectivity index (χ4v) is 5.27. The highest BCUT2D eigenvalue weighted by Gasteiger charge is 2.32. The molecule has 0 radical (unpaired) electrons. The number of nitrogens with zero attached hydrogens (tertiary/aromatic N) is 1. The largest absolute Gasteiger partial charge is 0.326 e. The Morgan fingerprint density at radius 1 is 1.11 bits per heavy atom. The van der Waals surface area contributed by atoms with E-state index < -0.39 is 10.0 Å². The third-order valence-corrected chi connectivity index (χ3v) is 7.42. The van der Waals surface area contributed by atoms with Gasteiger partial charge in [-0.05, 0) is 55.5 Å². The summed E-state index contributed by atoms with van der Waals surface area (Å²) >= 11 is 3.37. The molecule has 28 heavy (non-hydrogen) atoms. The van der Waals surface area contributed by atoms with E-state index >= 15 is 0 Å². The number of nitrogens with one attached hydrogen (secondary N) is 1. The van der Waals surface area contributed by atoms with Crippen molar-refractivity contribution >= 4 is 37.5 Å². The van der Waals surface area contributed by atoms with Crippen LogP contribution in [0.15, 0.2) is 59.1 Å². The van der Waals surface area contributed by atoms with Crippen molar-refractivity contribution in [2.75, 3.05) is 24.2 Å². The lowest BCUT2D eigenvalue weighted by Crippen LogP contribution is -2.44. The minimum atomic E-state index is -3.35. The number of hydrogen-bond donors (Lipinski definition) is 1. The fourth-order valence-electron chi connectivity index (χ4n) is 3.42. The Kier molecular flexibility index (Phi) is 7.26. The van der Waals surface area contributed by atoms with Crippen molar-refractivity contribution < 1.29 is 13.2 Å². The molecule has 2 aromatic rings. The number of amides is 1. The van der Waals surface area contributed by atoms with Crippen molar-refractivity contribution in [3.05, 3.63) is 64.6 Å². The van der Waals surface area contributed by atoms with Crippen LogP contribution in [0.4, 0.5) is 5.69 Å². The molecule has 0 aliphatic carbocycles. The van der Waals surface area contributed by atoms with Crippen molar-refractivity contribution in [1.29, 1.82) is 0 Å². The first-order valence-corrected chi connectivity index (χ1v) is 11.9. The first-order valence-electron chi connectivity index (χ1n) is 9.52. The molecule has 7 heteroatoms. The molecular weight excluding hydrogens is 440 g/mol. The fraction of sp³-hybridized carbons (Fsp3) is 0.381. The summed E-state index contributed by atoms with van der Waals surface area (Å²) in [5, 5.41) is 2.89. The molecule has 1 saturated heterocycles. The molecule has 150 valence electrons. The number of aryl methyl sites for hydroxylation is 1. The number of hydrogen-bond acceptors (Lipinski definition) is 3. The molecule has 1 amide bonds. The van der Waals surface area contributed by atoms with Crippen LogP contribution in [0.1, 0.15) is 24.8 Å². The van der Waals surface area contributed by atoms with Crippen molar-refractivity contribution in [3.63, 3.8) is 0 Å². The molecule has 1 atom stereocenters. The molecule has 0 saturated carbocycles. The SMILES string of the molecule is O=C(Nc1ccc(Br)cc1)[C@H]1CCCN(S(=O)(=O)CCCc2ccccc2)C1. The highest BCUT2D eigenvalue weighted by Crippen LogP contribution is 2.22. The molecule has 1 N–H and O–H groups in total. The molecule has 5 nitrogen and oxygen atoms in total. The van der Waals surface area contributed by atoms with Gasteiger partial charge in [-0.2, -0.15) is 0 Å². The van der Waals surface area contributed by atoms with Crippen molar-refractivity contribution in [1.82, 2.24) is 4.31 Å².